The predicted molar refractivity (Wildman–Crippen MR) is 71.8 cm³/mol. The highest BCUT2D eigenvalue weighted by atomic mass is 16.5. The Labute approximate surface area is 107 Å². The first-order chi connectivity index (χ1) is 8.63. The zero-order valence-electron chi connectivity index (χ0n) is 10.9. The first-order valence-corrected chi connectivity index (χ1v) is 6.20. The molecule has 0 spiro atoms. The van der Waals surface area contributed by atoms with Crippen LogP contribution in [0.3, 0.4) is 0 Å². The summed E-state index contributed by atoms with van der Waals surface area (Å²) in [6, 6.07) is 9.49. The molecule has 0 bridgehead atoms. The van der Waals surface area contributed by atoms with Gasteiger partial charge in [0.25, 0.3) is 0 Å². The third-order valence-corrected chi connectivity index (χ3v) is 2.82. The SMILES string of the molecule is CCOC(=O)c1cc(C(C)C)nc2ccccc12. The first-order valence-electron chi connectivity index (χ1n) is 6.20. The second-order valence-electron chi connectivity index (χ2n) is 4.49. The summed E-state index contributed by atoms with van der Waals surface area (Å²) in [5, 5.41) is 0.848. The topological polar surface area (TPSA) is 39.2 Å². The monoisotopic (exact) mass is 243 g/mol. The molecule has 0 saturated carbocycles. The van der Waals surface area contributed by atoms with Crippen LogP contribution in [0.15, 0.2) is 30.3 Å². The molecule has 0 radical (unpaired) electrons. The third-order valence-electron chi connectivity index (χ3n) is 2.82. The summed E-state index contributed by atoms with van der Waals surface area (Å²) in [6.45, 7) is 6.31. The molecule has 1 aromatic heterocycles. The second-order valence-corrected chi connectivity index (χ2v) is 4.49. The molecule has 18 heavy (non-hydrogen) atoms. The van der Waals surface area contributed by atoms with Gasteiger partial charge in [-0.3, -0.25) is 4.98 Å². The summed E-state index contributed by atoms with van der Waals surface area (Å²) in [4.78, 5) is 16.6. The molecule has 3 nitrogen and oxygen atoms in total. The Morgan fingerprint density at radius 1 is 1.33 bits per heavy atom. The minimum Gasteiger partial charge on any atom is -0.462 e. The summed E-state index contributed by atoms with van der Waals surface area (Å²) in [6.07, 6.45) is 0. The fraction of sp³-hybridized carbons (Fsp3) is 0.333. The summed E-state index contributed by atoms with van der Waals surface area (Å²) >= 11 is 0. The van der Waals surface area contributed by atoms with Crippen LogP contribution in [0, 0.1) is 0 Å². The molecule has 0 unspecified atom stereocenters. The average Bonchev–Trinajstić information content (AvgIpc) is 2.37. The van der Waals surface area contributed by atoms with Crippen molar-refractivity contribution in [2.24, 2.45) is 0 Å². The highest BCUT2D eigenvalue weighted by molar-refractivity contribution is 6.03. The maximum absolute atomic E-state index is 12.0. The van der Waals surface area contributed by atoms with E-state index in [0.717, 1.165) is 16.6 Å². The van der Waals surface area contributed by atoms with Crippen molar-refractivity contribution in [3.05, 3.63) is 41.6 Å². The fourth-order valence-corrected chi connectivity index (χ4v) is 1.87. The number of para-hydroxylation sites is 1. The van der Waals surface area contributed by atoms with Crippen LogP contribution < -0.4 is 0 Å². The molecule has 0 saturated heterocycles. The minimum absolute atomic E-state index is 0.280. The molecule has 0 atom stereocenters. The Hall–Kier alpha value is -1.90. The lowest BCUT2D eigenvalue weighted by Crippen LogP contribution is -2.07. The van der Waals surface area contributed by atoms with Crippen LogP contribution >= 0.6 is 0 Å². The molecule has 0 amide bonds. The van der Waals surface area contributed by atoms with Gasteiger partial charge < -0.3 is 4.74 Å². The third kappa shape index (κ3) is 2.35. The number of carbonyl (C=O) groups excluding carboxylic acids is 1. The van der Waals surface area contributed by atoms with E-state index in [2.05, 4.69) is 18.8 Å². The lowest BCUT2D eigenvalue weighted by atomic mass is 10.0. The van der Waals surface area contributed by atoms with E-state index >= 15 is 0 Å². The summed E-state index contributed by atoms with van der Waals surface area (Å²) in [5.41, 5.74) is 2.36. The largest absolute Gasteiger partial charge is 0.462 e. The molecule has 0 aliphatic heterocycles. The minimum atomic E-state index is -0.280. The van der Waals surface area contributed by atoms with Gasteiger partial charge in [0.2, 0.25) is 0 Å². The molecular formula is C15H17NO2. The van der Waals surface area contributed by atoms with Crippen LogP contribution in [0.4, 0.5) is 0 Å². The van der Waals surface area contributed by atoms with Crippen LogP contribution in [-0.2, 0) is 4.74 Å². The van der Waals surface area contributed by atoms with Crippen LogP contribution in [0.25, 0.3) is 10.9 Å². The van der Waals surface area contributed by atoms with E-state index in [0.29, 0.717) is 12.2 Å². The van der Waals surface area contributed by atoms with Crippen molar-refractivity contribution in [3.63, 3.8) is 0 Å². The van der Waals surface area contributed by atoms with Crippen molar-refractivity contribution >= 4 is 16.9 Å². The Bertz CT molecular complexity index is 576. The lowest BCUT2D eigenvalue weighted by Gasteiger charge is -2.10. The maximum Gasteiger partial charge on any atom is 0.338 e. The Morgan fingerprint density at radius 3 is 2.72 bits per heavy atom. The normalized spacial score (nSPS) is 10.9. The van der Waals surface area contributed by atoms with Gasteiger partial charge in [-0.05, 0) is 25.0 Å². The van der Waals surface area contributed by atoms with Crippen molar-refractivity contribution in [1.82, 2.24) is 4.98 Å². The molecule has 1 heterocycles. The molecule has 0 fully saturated rings. The van der Waals surface area contributed by atoms with E-state index in [9.17, 15) is 4.79 Å². The van der Waals surface area contributed by atoms with Gasteiger partial charge in [-0.15, -0.1) is 0 Å². The smallest absolute Gasteiger partial charge is 0.338 e. The molecule has 3 heteroatoms. The molecule has 1 aromatic carbocycles. The van der Waals surface area contributed by atoms with E-state index < -0.39 is 0 Å². The van der Waals surface area contributed by atoms with Gasteiger partial charge in [0.15, 0.2) is 0 Å². The van der Waals surface area contributed by atoms with E-state index in [-0.39, 0.29) is 11.9 Å². The van der Waals surface area contributed by atoms with E-state index in [4.69, 9.17) is 4.74 Å². The summed E-state index contributed by atoms with van der Waals surface area (Å²) in [5.74, 6) is 0.000725. The highest BCUT2D eigenvalue weighted by Gasteiger charge is 2.14. The average molecular weight is 243 g/mol. The number of esters is 1. The number of rotatable bonds is 3. The molecule has 0 aliphatic rings. The van der Waals surface area contributed by atoms with Gasteiger partial charge in [-0.2, -0.15) is 0 Å². The number of carbonyl (C=O) groups is 1. The van der Waals surface area contributed by atoms with Gasteiger partial charge in [0, 0.05) is 11.1 Å². The van der Waals surface area contributed by atoms with Crippen LogP contribution in [0.1, 0.15) is 42.7 Å². The molecule has 2 aromatic rings. The van der Waals surface area contributed by atoms with Gasteiger partial charge in [0.1, 0.15) is 0 Å². The number of benzene rings is 1. The Kier molecular flexibility index (Phi) is 3.60. The summed E-state index contributed by atoms with van der Waals surface area (Å²) < 4.78 is 5.10. The molecule has 0 N–H and O–H groups in total. The second kappa shape index (κ2) is 5.17. The van der Waals surface area contributed by atoms with Crippen LogP contribution in [-0.4, -0.2) is 17.6 Å². The van der Waals surface area contributed by atoms with Gasteiger partial charge in [-0.25, -0.2) is 4.79 Å². The number of hydrogen-bond donors (Lipinski definition) is 0. The first kappa shape index (κ1) is 12.6. The standard InChI is InChI=1S/C15H17NO2/c1-4-18-15(17)12-9-14(10(2)3)16-13-8-6-5-7-11(12)13/h5-10H,4H2,1-3H3. The Balaban J connectivity index is 2.64. The van der Waals surface area contributed by atoms with Crippen molar-refractivity contribution in [2.75, 3.05) is 6.61 Å². The van der Waals surface area contributed by atoms with E-state index in [1.165, 1.54) is 0 Å². The van der Waals surface area contributed by atoms with Crippen molar-refractivity contribution in [1.29, 1.82) is 0 Å². The number of fused-ring (bicyclic) bond motifs is 1. The van der Waals surface area contributed by atoms with Crippen molar-refractivity contribution in [3.8, 4) is 0 Å². The zero-order valence-corrected chi connectivity index (χ0v) is 10.9. The summed E-state index contributed by atoms with van der Waals surface area (Å²) in [7, 11) is 0. The van der Waals surface area contributed by atoms with Gasteiger partial charge in [-0.1, -0.05) is 32.0 Å². The van der Waals surface area contributed by atoms with E-state index in [1.54, 1.807) is 0 Å². The maximum atomic E-state index is 12.0. The highest BCUT2D eigenvalue weighted by Crippen LogP contribution is 2.22. The predicted octanol–water partition coefficient (Wildman–Crippen LogP) is 3.53. The molecule has 2 rings (SSSR count). The van der Waals surface area contributed by atoms with Crippen molar-refractivity contribution < 1.29 is 9.53 Å². The molecular weight excluding hydrogens is 226 g/mol. The van der Waals surface area contributed by atoms with E-state index in [1.807, 2.05) is 37.3 Å². The Morgan fingerprint density at radius 2 is 2.06 bits per heavy atom. The quantitative estimate of drug-likeness (QED) is 0.774. The van der Waals surface area contributed by atoms with Crippen molar-refractivity contribution in [2.45, 2.75) is 26.7 Å². The molecule has 94 valence electrons. The lowest BCUT2D eigenvalue weighted by molar-refractivity contribution is 0.0528. The number of ether oxygens (including phenoxy) is 1. The van der Waals surface area contributed by atoms with Crippen LogP contribution in [0.5, 0.6) is 0 Å². The van der Waals surface area contributed by atoms with Crippen LogP contribution in [0.2, 0.25) is 0 Å². The number of pyridine rings is 1. The van der Waals surface area contributed by atoms with Gasteiger partial charge in [0.05, 0.1) is 17.7 Å². The molecule has 0 aliphatic carbocycles. The number of aromatic nitrogens is 1. The number of hydrogen-bond acceptors (Lipinski definition) is 3. The number of nitrogens with zero attached hydrogens (tertiary/aromatic N) is 1. The fourth-order valence-electron chi connectivity index (χ4n) is 1.87. The zero-order chi connectivity index (χ0) is 13.1. The van der Waals surface area contributed by atoms with Gasteiger partial charge >= 0.3 is 5.97 Å².